The van der Waals surface area contributed by atoms with Crippen molar-refractivity contribution in [2.75, 3.05) is 0 Å². The predicted octanol–water partition coefficient (Wildman–Crippen LogP) is 3.35. The molecule has 0 saturated heterocycles. The van der Waals surface area contributed by atoms with Gasteiger partial charge in [0.1, 0.15) is 29.1 Å². The number of phenols is 2. The molecule has 0 saturated carbocycles. The molecule has 0 radical (unpaired) electrons. The lowest BCUT2D eigenvalue weighted by Gasteiger charge is -2.25. The lowest BCUT2D eigenvalue weighted by atomic mass is 9.93. The van der Waals surface area contributed by atoms with Gasteiger partial charge in [0.25, 0.3) is 0 Å². The van der Waals surface area contributed by atoms with Gasteiger partial charge in [-0.05, 0) is 31.5 Å². The molecule has 0 spiro atoms. The van der Waals surface area contributed by atoms with Gasteiger partial charge in [-0.15, -0.1) is 0 Å². The van der Waals surface area contributed by atoms with Crippen LogP contribution in [0.25, 0.3) is 5.57 Å². The number of phenolic OH excluding ortho intramolecular Hbond substituents is 2. The van der Waals surface area contributed by atoms with Gasteiger partial charge in [-0.1, -0.05) is 12.1 Å². The first-order valence-corrected chi connectivity index (χ1v) is 7.33. The summed E-state index contributed by atoms with van der Waals surface area (Å²) in [5, 5.41) is 30.2. The van der Waals surface area contributed by atoms with Crippen LogP contribution < -0.4 is 9.47 Å². The van der Waals surface area contributed by atoms with E-state index in [4.69, 9.17) is 9.47 Å². The van der Waals surface area contributed by atoms with E-state index < -0.39 is 6.10 Å². The molecule has 3 N–H and O–H groups in total. The molecule has 5 heteroatoms. The van der Waals surface area contributed by atoms with Crippen molar-refractivity contribution < 1.29 is 24.8 Å². The van der Waals surface area contributed by atoms with Gasteiger partial charge in [0.15, 0.2) is 0 Å². The smallest absolute Gasteiger partial charge is 0.140 e. The van der Waals surface area contributed by atoms with Crippen molar-refractivity contribution in [3.05, 3.63) is 53.8 Å². The van der Waals surface area contributed by atoms with Crippen molar-refractivity contribution in [2.45, 2.75) is 26.1 Å². The molecule has 1 aliphatic rings. The highest BCUT2D eigenvalue weighted by Gasteiger charge is 2.28. The highest BCUT2D eigenvalue weighted by atomic mass is 16.5. The third kappa shape index (κ3) is 2.96. The minimum atomic E-state index is -1.03. The zero-order valence-electron chi connectivity index (χ0n) is 12.9. The van der Waals surface area contributed by atoms with Crippen LogP contribution in [0, 0.1) is 0 Å². The molecular weight excluding hydrogens is 296 g/mol. The maximum Gasteiger partial charge on any atom is 0.140 e. The van der Waals surface area contributed by atoms with Crippen molar-refractivity contribution in [3.8, 4) is 23.0 Å². The van der Waals surface area contributed by atoms with E-state index >= 15 is 0 Å². The van der Waals surface area contributed by atoms with Crippen LogP contribution in [0.15, 0.2) is 42.7 Å². The summed E-state index contributed by atoms with van der Waals surface area (Å²) < 4.78 is 11.1. The molecule has 1 atom stereocenters. The van der Waals surface area contributed by atoms with Gasteiger partial charge >= 0.3 is 0 Å². The Kier molecular flexibility index (Phi) is 3.88. The van der Waals surface area contributed by atoms with Gasteiger partial charge < -0.3 is 24.8 Å². The van der Waals surface area contributed by atoms with Gasteiger partial charge in [-0.2, -0.15) is 0 Å². The Labute approximate surface area is 134 Å². The van der Waals surface area contributed by atoms with E-state index in [1.165, 1.54) is 24.5 Å². The third-order valence-electron chi connectivity index (χ3n) is 3.55. The number of ether oxygens (including phenoxy) is 2. The largest absolute Gasteiger partial charge is 0.508 e. The number of fused-ring (bicyclic) bond motifs is 1. The van der Waals surface area contributed by atoms with Crippen LogP contribution in [0.4, 0.5) is 0 Å². The van der Waals surface area contributed by atoms with E-state index in [1.807, 2.05) is 13.8 Å². The number of aliphatic hydroxyl groups is 1. The molecule has 120 valence electrons. The number of rotatable bonds is 3. The van der Waals surface area contributed by atoms with Crippen molar-refractivity contribution in [2.24, 2.45) is 0 Å². The number of aliphatic hydroxyl groups excluding tert-OH is 1. The van der Waals surface area contributed by atoms with Crippen LogP contribution in [0.3, 0.4) is 0 Å². The molecule has 0 aliphatic carbocycles. The summed E-state index contributed by atoms with van der Waals surface area (Å²) in [6, 6.07) is 9.50. The molecule has 5 nitrogen and oxygen atoms in total. The maximum atomic E-state index is 10.6. The Morgan fingerprint density at radius 2 is 1.78 bits per heavy atom. The third-order valence-corrected chi connectivity index (χ3v) is 3.55. The van der Waals surface area contributed by atoms with E-state index in [0.717, 1.165) is 0 Å². The Morgan fingerprint density at radius 1 is 1.09 bits per heavy atom. The summed E-state index contributed by atoms with van der Waals surface area (Å²) >= 11 is 0. The number of hydrogen-bond donors (Lipinski definition) is 3. The van der Waals surface area contributed by atoms with E-state index in [0.29, 0.717) is 28.2 Å². The molecule has 3 rings (SSSR count). The summed E-state index contributed by atoms with van der Waals surface area (Å²) in [4.78, 5) is 0. The Morgan fingerprint density at radius 3 is 2.43 bits per heavy atom. The normalized spacial score (nSPS) is 16.5. The zero-order valence-corrected chi connectivity index (χ0v) is 12.9. The summed E-state index contributed by atoms with van der Waals surface area (Å²) in [7, 11) is 0. The van der Waals surface area contributed by atoms with Gasteiger partial charge in [-0.3, -0.25) is 0 Å². The van der Waals surface area contributed by atoms with Crippen molar-refractivity contribution in [1.29, 1.82) is 0 Å². The quantitative estimate of drug-likeness (QED) is 0.809. The van der Waals surface area contributed by atoms with Gasteiger partial charge in [0.2, 0.25) is 0 Å². The van der Waals surface area contributed by atoms with Crippen LogP contribution in [-0.4, -0.2) is 21.4 Å². The molecule has 0 aromatic heterocycles. The predicted molar refractivity (Wildman–Crippen MR) is 85.5 cm³/mol. The van der Waals surface area contributed by atoms with Gasteiger partial charge in [0.05, 0.1) is 17.9 Å². The minimum Gasteiger partial charge on any atom is -0.508 e. The van der Waals surface area contributed by atoms with Crippen LogP contribution >= 0.6 is 0 Å². The summed E-state index contributed by atoms with van der Waals surface area (Å²) in [5.74, 6) is 0.884. The fourth-order valence-electron chi connectivity index (χ4n) is 2.53. The summed E-state index contributed by atoms with van der Waals surface area (Å²) in [6.45, 7) is 3.77. The first-order chi connectivity index (χ1) is 11.0. The molecule has 2 aromatic rings. The van der Waals surface area contributed by atoms with Crippen LogP contribution in [0.5, 0.6) is 23.0 Å². The summed E-state index contributed by atoms with van der Waals surface area (Å²) in [6.07, 6.45) is 0.373. The lowest BCUT2D eigenvalue weighted by molar-refractivity contribution is 0.215. The van der Waals surface area contributed by atoms with E-state index in [9.17, 15) is 15.3 Å². The second-order valence-corrected chi connectivity index (χ2v) is 5.66. The first kappa shape index (κ1) is 15.2. The van der Waals surface area contributed by atoms with Gasteiger partial charge in [-0.25, -0.2) is 0 Å². The second kappa shape index (κ2) is 5.85. The number of benzene rings is 2. The molecule has 0 bridgehead atoms. The van der Waals surface area contributed by atoms with E-state index in [-0.39, 0.29) is 17.6 Å². The molecule has 0 fully saturated rings. The van der Waals surface area contributed by atoms with E-state index in [1.54, 1.807) is 18.2 Å². The molecule has 1 heterocycles. The molecular formula is C18H18O5. The highest BCUT2D eigenvalue weighted by Crippen LogP contribution is 2.46. The van der Waals surface area contributed by atoms with Crippen LogP contribution in [-0.2, 0) is 0 Å². The van der Waals surface area contributed by atoms with Gasteiger partial charge in [0, 0.05) is 17.7 Å². The average molecular weight is 314 g/mol. The topological polar surface area (TPSA) is 79.2 Å². The molecule has 23 heavy (non-hydrogen) atoms. The zero-order chi connectivity index (χ0) is 16.6. The molecule has 0 amide bonds. The molecule has 1 aliphatic heterocycles. The van der Waals surface area contributed by atoms with Crippen molar-refractivity contribution in [1.82, 2.24) is 0 Å². The van der Waals surface area contributed by atoms with Crippen LogP contribution in [0.1, 0.15) is 31.1 Å². The monoisotopic (exact) mass is 314 g/mol. The number of hydrogen-bond acceptors (Lipinski definition) is 5. The summed E-state index contributed by atoms with van der Waals surface area (Å²) in [5.41, 5.74) is 1.50. The minimum absolute atomic E-state index is 0.0379. The van der Waals surface area contributed by atoms with E-state index in [2.05, 4.69) is 0 Å². The highest BCUT2D eigenvalue weighted by molar-refractivity contribution is 5.74. The second-order valence-electron chi connectivity index (χ2n) is 5.66. The fourth-order valence-corrected chi connectivity index (χ4v) is 2.53. The Bertz CT molecular complexity index is 747. The SMILES string of the molecule is CC(C)Oc1cc(O)c2c(c1)OC=C(c1ccc(O)cc1)C2O. The lowest BCUT2D eigenvalue weighted by Crippen LogP contribution is -2.11. The fraction of sp³-hybridized carbons (Fsp3) is 0.222. The standard InChI is InChI=1S/C18H18O5/c1-10(2)23-13-7-15(20)17-16(8-13)22-9-14(18(17)21)11-3-5-12(19)6-4-11/h3-10,18-21H,1-2H3. The van der Waals surface area contributed by atoms with Crippen LogP contribution in [0.2, 0.25) is 0 Å². The average Bonchev–Trinajstić information content (AvgIpc) is 2.47. The van der Waals surface area contributed by atoms with Crippen molar-refractivity contribution in [3.63, 3.8) is 0 Å². The Balaban J connectivity index is 1.97. The van der Waals surface area contributed by atoms with Crippen molar-refractivity contribution >= 4 is 5.57 Å². The molecule has 2 aromatic carbocycles. The maximum absolute atomic E-state index is 10.6. The Hall–Kier alpha value is -2.66. The molecule has 1 unspecified atom stereocenters. The first-order valence-electron chi connectivity index (χ1n) is 7.33. The number of aromatic hydroxyl groups is 2.